The van der Waals surface area contributed by atoms with Gasteiger partial charge in [0.2, 0.25) is 5.91 Å². The summed E-state index contributed by atoms with van der Waals surface area (Å²) in [6.45, 7) is 5.71. The Morgan fingerprint density at radius 3 is 2.54 bits per heavy atom. The molecule has 1 N–H and O–H groups in total. The molecule has 0 saturated carbocycles. The van der Waals surface area contributed by atoms with Gasteiger partial charge in [-0.1, -0.05) is 30.3 Å². The lowest BCUT2D eigenvalue weighted by Crippen LogP contribution is -2.31. The maximum atomic E-state index is 12.4. The van der Waals surface area contributed by atoms with E-state index in [-0.39, 0.29) is 18.0 Å². The molecule has 0 spiro atoms. The van der Waals surface area contributed by atoms with Crippen LogP contribution >= 0.6 is 0 Å². The second-order valence-corrected chi connectivity index (χ2v) is 6.11. The Labute approximate surface area is 140 Å². The van der Waals surface area contributed by atoms with Gasteiger partial charge in [-0.05, 0) is 48.6 Å². The average molecular weight is 320 g/mol. The summed E-state index contributed by atoms with van der Waals surface area (Å²) in [5, 5.41) is 0.962. The molecular formula is C20H20N2O2. The smallest absolute Gasteiger partial charge is 0.253 e. The fourth-order valence-corrected chi connectivity index (χ4v) is 2.88. The fraction of sp³-hybridized carbons (Fsp3) is 0.200. The van der Waals surface area contributed by atoms with Gasteiger partial charge in [0.1, 0.15) is 0 Å². The number of rotatable bonds is 3. The Morgan fingerprint density at radius 1 is 1.08 bits per heavy atom. The van der Waals surface area contributed by atoms with Crippen molar-refractivity contribution >= 4 is 22.5 Å². The largest absolute Gasteiger partial charge is 0.322 e. The van der Waals surface area contributed by atoms with E-state index >= 15 is 0 Å². The van der Waals surface area contributed by atoms with Crippen LogP contribution in [-0.2, 0) is 11.3 Å². The van der Waals surface area contributed by atoms with E-state index in [0.717, 1.165) is 27.7 Å². The molecule has 2 aromatic carbocycles. The van der Waals surface area contributed by atoms with E-state index in [1.54, 1.807) is 4.90 Å². The lowest BCUT2D eigenvalue weighted by Gasteiger charge is -2.23. The van der Waals surface area contributed by atoms with Crippen LogP contribution in [0.3, 0.4) is 0 Å². The van der Waals surface area contributed by atoms with Crippen molar-refractivity contribution in [3.05, 3.63) is 75.6 Å². The summed E-state index contributed by atoms with van der Waals surface area (Å²) >= 11 is 0. The van der Waals surface area contributed by atoms with Crippen LogP contribution < -0.4 is 10.5 Å². The predicted octanol–water partition coefficient (Wildman–Crippen LogP) is 3.70. The van der Waals surface area contributed by atoms with Crippen LogP contribution in [0.2, 0.25) is 0 Å². The highest BCUT2D eigenvalue weighted by molar-refractivity contribution is 5.92. The van der Waals surface area contributed by atoms with Gasteiger partial charge in [-0.3, -0.25) is 9.59 Å². The second-order valence-electron chi connectivity index (χ2n) is 6.11. The zero-order valence-electron chi connectivity index (χ0n) is 14.1. The molecule has 24 heavy (non-hydrogen) atoms. The number of pyridine rings is 1. The number of aryl methyl sites for hydroxylation is 2. The third-order valence-electron chi connectivity index (χ3n) is 4.19. The van der Waals surface area contributed by atoms with Gasteiger partial charge in [0.05, 0.1) is 6.54 Å². The molecule has 0 unspecified atom stereocenters. The minimum absolute atomic E-state index is 0.0901. The van der Waals surface area contributed by atoms with Crippen LogP contribution in [0.1, 0.15) is 23.6 Å². The van der Waals surface area contributed by atoms with Gasteiger partial charge in [0.15, 0.2) is 0 Å². The van der Waals surface area contributed by atoms with E-state index in [4.69, 9.17) is 0 Å². The molecule has 0 atom stereocenters. The van der Waals surface area contributed by atoms with Gasteiger partial charge in [-0.2, -0.15) is 0 Å². The van der Waals surface area contributed by atoms with Crippen molar-refractivity contribution in [1.29, 1.82) is 0 Å². The number of benzene rings is 2. The number of nitrogens with one attached hydrogen (secondary N) is 1. The van der Waals surface area contributed by atoms with E-state index in [0.29, 0.717) is 5.56 Å². The Hall–Kier alpha value is -2.88. The zero-order valence-corrected chi connectivity index (χ0v) is 14.1. The molecule has 0 saturated heterocycles. The Bertz CT molecular complexity index is 973. The van der Waals surface area contributed by atoms with Crippen molar-refractivity contribution in [3.8, 4) is 0 Å². The molecule has 0 radical (unpaired) electrons. The highest BCUT2D eigenvalue weighted by atomic mass is 16.2. The van der Waals surface area contributed by atoms with Gasteiger partial charge < -0.3 is 9.88 Å². The van der Waals surface area contributed by atoms with Crippen LogP contribution in [0.25, 0.3) is 10.9 Å². The highest BCUT2D eigenvalue weighted by Gasteiger charge is 2.16. The van der Waals surface area contributed by atoms with Gasteiger partial charge in [0, 0.05) is 23.7 Å². The highest BCUT2D eigenvalue weighted by Crippen LogP contribution is 2.22. The molecule has 1 aromatic heterocycles. The van der Waals surface area contributed by atoms with Crippen LogP contribution in [0.15, 0.2) is 53.3 Å². The first-order valence-electron chi connectivity index (χ1n) is 7.92. The minimum Gasteiger partial charge on any atom is -0.322 e. The van der Waals surface area contributed by atoms with Crippen LogP contribution in [0.4, 0.5) is 5.69 Å². The SMILES string of the molecule is CC(=O)N(Cc1cc2ccc(C)cc2[nH]c1=O)c1ccccc1C. The van der Waals surface area contributed by atoms with Crippen LogP contribution in [0.5, 0.6) is 0 Å². The number of nitrogens with zero attached hydrogens (tertiary/aromatic N) is 1. The first-order valence-corrected chi connectivity index (χ1v) is 7.92. The molecule has 1 amide bonds. The summed E-state index contributed by atoms with van der Waals surface area (Å²) in [5.74, 6) is -0.0901. The molecule has 0 aliphatic carbocycles. The number of aromatic amines is 1. The maximum absolute atomic E-state index is 12.4. The maximum Gasteiger partial charge on any atom is 0.253 e. The standard InChI is InChI=1S/C20H20N2O2/c1-13-8-9-16-11-17(20(24)21-18(16)10-13)12-22(15(3)23)19-7-5-4-6-14(19)2/h4-11H,12H2,1-3H3,(H,21,24). The summed E-state index contributed by atoms with van der Waals surface area (Å²) in [7, 11) is 0. The van der Waals surface area contributed by atoms with Gasteiger partial charge in [0.25, 0.3) is 5.56 Å². The molecule has 3 aromatic rings. The van der Waals surface area contributed by atoms with Gasteiger partial charge >= 0.3 is 0 Å². The summed E-state index contributed by atoms with van der Waals surface area (Å²) in [6, 6.07) is 15.5. The van der Waals surface area contributed by atoms with E-state index in [1.807, 2.05) is 62.4 Å². The van der Waals surface area contributed by atoms with Crippen molar-refractivity contribution in [1.82, 2.24) is 4.98 Å². The molecule has 3 rings (SSSR count). The van der Waals surface area contributed by atoms with E-state index in [1.165, 1.54) is 6.92 Å². The number of aromatic nitrogens is 1. The minimum atomic E-state index is -0.159. The average Bonchev–Trinajstić information content (AvgIpc) is 2.53. The molecule has 4 nitrogen and oxygen atoms in total. The molecule has 0 fully saturated rings. The Balaban J connectivity index is 2.05. The van der Waals surface area contributed by atoms with E-state index in [9.17, 15) is 9.59 Å². The second kappa shape index (κ2) is 6.32. The number of para-hydroxylation sites is 1. The molecule has 122 valence electrons. The predicted molar refractivity (Wildman–Crippen MR) is 97.3 cm³/mol. The Morgan fingerprint density at radius 2 is 1.83 bits per heavy atom. The summed E-state index contributed by atoms with van der Waals surface area (Å²) in [6.07, 6.45) is 0. The van der Waals surface area contributed by atoms with Gasteiger partial charge in [-0.15, -0.1) is 0 Å². The number of fused-ring (bicyclic) bond motifs is 1. The van der Waals surface area contributed by atoms with Crippen LogP contribution in [-0.4, -0.2) is 10.9 Å². The molecule has 4 heteroatoms. The quantitative estimate of drug-likeness (QED) is 0.800. The summed E-state index contributed by atoms with van der Waals surface area (Å²) < 4.78 is 0. The van der Waals surface area contributed by atoms with Crippen molar-refractivity contribution < 1.29 is 4.79 Å². The number of anilines is 1. The summed E-state index contributed by atoms with van der Waals surface area (Å²) in [4.78, 5) is 29.1. The Kier molecular flexibility index (Phi) is 4.21. The molecule has 0 bridgehead atoms. The molecule has 0 aliphatic heterocycles. The van der Waals surface area contributed by atoms with Crippen molar-refractivity contribution in [3.63, 3.8) is 0 Å². The third kappa shape index (κ3) is 3.08. The number of H-pyrrole nitrogens is 1. The first kappa shape index (κ1) is 16.0. The monoisotopic (exact) mass is 320 g/mol. The third-order valence-corrected chi connectivity index (χ3v) is 4.19. The lowest BCUT2D eigenvalue weighted by molar-refractivity contribution is -0.116. The molecule has 1 heterocycles. The van der Waals surface area contributed by atoms with Crippen molar-refractivity contribution in [2.75, 3.05) is 4.90 Å². The number of hydrogen-bond donors (Lipinski definition) is 1. The van der Waals surface area contributed by atoms with Crippen LogP contribution in [0, 0.1) is 13.8 Å². The molecule has 0 aliphatic rings. The summed E-state index contributed by atoms with van der Waals surface area (Å²) in [5.41, 5.74) is 4.15. The normalized spacial score (nSPS) is 10.8. The first-order chi connectivity index (χ1) is 11.5. The van der Waals surface area contributed by atoms with Crippen molar-refractivity contribution in [2.24, 2.45) is 0 Å². The zero-order chi connectivity index (χ0) is 17.3. The van der Waals surface area contributed by atoms with E-state index < -0.39 is 0 Å². The van der Waals surface area contributed by atoms with E-state index in [2.05, 4.69) is 4.98 Å². The molecular weight excluding hydrogens is 300 g/mol. The number of amides is 1. The number of hydrogen-bond acceptors (Lipinski definition) is 2. The fourth-order valence-electron chi connectivity index (χ4n) is 2.88. The van der Waals surface area contributed by atoms with Crippen molar-refractivity contribution in [2.45, 2.75) is 27.3 Å². The number of carbonyl (C=O) groups is 1. The number of carbonyl (C=O) groups excluding carboxylic acids is 1. The lowest BCUT2D eigenvalue weighted by atomic mass is 10.1. The van der Waals surface area contributed by atoms with Gasteiger partial charge in [-0.25, -0.2) is 0 Å². The topological polar surface area (TPSA) is 53.2 Å².